The number of hydrogen-bond acceptors (Lipinski definition) is 4. The number of sulfonamides is 1. The molecule has 0 bridgehead atoms. The quantitative estimate of drug-likeness (QED) is 0.616. The first-order valence-electron chi connectivity index (χ1n) is 11.2. The molecule has 1 aliphatic heterocycles. The molecule has 1 N–H and O–H groups in total. The second kappa shape index (κ2) is 11.0. The van der Waals surface area contributed by atoms with Crippen molar-refractivity contribution >= 4 is 44.8 Å². The number of amides is 2. The van der Waals surface area contributed by atoms with Crippen molar-refractivity contribution in [1.29, 1.82) is 0 Å². The van der Waals surface area contributed by atoms with Gasteiger partial charge in [-0.1, -0.05) is 49.6 Å². The Hall–Kier alpha value is -2.58. The molecule has 1 aliphatic rings. The fourth-order valence-electron chi connectivity index (χ4n) is 4.11. The van der Waals surface area contributed by atoms with Crippen LogP contribution in [0.3, 0.4) is 0 Å². The SMILES string of the molecule is CC[C@@H](C(=O)Nc1ccccc1C(=O)N1CCCCCC1)N(c1cccc(Cl)c1)S(C)(=O)=O. The van der Waals surface area contributed by atoms with Gasteiger partial charge < -0.3 is 10.2 Å². The van der Waals surface area contributed by atoms with Gasteiger partial charge in [-0.3, -0.25) is 13.9 Å². The number of likely N-dealkylation sites (tertiary alicyclic amines) is 1. The third kappa shape index (κ3) is 6.26. The number of hydrogen-bond donors (Lipinski definition) is 1. The van der Waals surface area contributed by atoms with Crippen LogP contribution in [0.25, 0.3) is 0 Å². The van der Waals surface area contributed by atoms with E-state index in [9.17, 15) is 18.0 Å². The second-order valence-corrected chi connectivity index (χ2v) is 10.5. The molecule has 2 amide bonds. The van der Waals surface area contributed by atoms with Crippen molar-refractivity contribution in [2.75, 3.05) is 29.0 Å². The first-order valence-corrected chi connectivity index (χ1v) is 13.4. The van der Waals surface area contributed by atoms with Crippen LogP contribution >= 0.6 is 11.6 Å². The normalized spacial score (nSPS) is 15.4. The molecule has 0 aliphatic carbocycles. The van der Waals surface area contributed by atoms with Gasteiger partial charge >= 0.3 is 0 Å². The summed E-state index contributed by atoms with van der Waals surface area (Å²) in [6.07, 6.45) is 5.41. The molecule has 1 saturated heterocycles. The van der Waals surface area contributed by atoms with Gasteiger partial charge in [0.25, 0.3) is 5.91 Å². The maximum Gasteiger partial charge on any atom is 0.255 e. The standard InChI is InChI=1S/C24H30ClN3O4S/c1-3-22(28(33(2,31)32)19-12-10-11-18(25)17-19)23(29)26-21-14-7-6-13-20(21)24(30)27-15-8-4-5-9-16-27/h6-7,10-14,17,22H,3-5,8-9,15-16H2,1-2H3,(H,26,29)/t22-/m0/s1. The molecular formula is C24H30ClN3O4S. The van der Waals surface area contributed by atoms with E-state index >= 15 is 0 Å². The van der Waals surface area contributed by atoms with Crippen molar-refractivity contribution in [3.05, 3.63) is 59.1 Å². The summed E-state index contributed by atoms with van der Waals surface area (Å²) in [6, 6.07) is 12.2. The maximum atomic E-state index is 13.3. The number of carbonyl (C=O) groups excluding carboxylic acids is 2. The Balaban J connectivity index is 1.89. The lowest BCUT2D eigenvalue weighted by atomic mass is 10.1. The third-order valence-corrected chi connectivity index (χ3v) is 7.12. The molecule has 0 spiro atoms. The van der Waals surface area contributed by atoms with E-state index in [1.807, 2.05) is 4.90 Å². The highest BCUT2D eigenvalue weighted by Crippen LogP contribution is 2.27. The van der Waals surface area contributed by atoms with Crippen LogP contribution in [0.5, 0.6) is 0 Å². The molecule has 33 heavy (non-hydrogen) atoms. The Morgan fingerprint density at radius 3 is 2.33 bits per heavy atom. The minimum Gasteiger partial charge on any atom is -0.339 e. The van der Waals surface area contributed by atoms with Crippen molar-refractivity contribution in [3.63, 3.8) is 0 Å². The Labute approximate surface area is 200 Å². The Morgan fingerprint density at radius 1 is 1.06 bits per heavy atom. The van der Waals surface area contributed by atoms with E-state index in [0.29, 0.717) is 35.1 Å². The van der Waals surface area contributed by atoms with Gasteiger partial charge in [0.2, 0.25) is 15.9 Å². The monoisotopic (exact) mass is 491 g/mol. The molecular weight excluding hydrogens is 462 g/mol. The number of nitrogens with zero attached hydrogens (tertiary/aromatic N) is 2. The van der Waals surface area contributed by atoms with Crippen molar-refractivity contribution in [2.45, 2.75) is 45.1 Å². The number of anilines is 2. The largest absolute Gasteiger partial charge is 0.339 e. The highest BCUT2D eigenvalue weighted by atomic mass is 35.5. The van der Waals surface area contributed by atoms with Gasteiger partial charge in [0.1, 0.15) is 6.04 Å². The van der Waals surface area contributed by atoms with Crippen LogP contribution in [-0.2, 0) is 14.8 Å². The van der Waals surface area contributed by atoms with Crippen LogP contribution in [0, 0.1) is 0 Å². The van der Waals surface area contributed by atoms with Crippen LogP contribution < -0.4 is 9.62 Å². The Morgan fingerprint density at radius 2 is 1.73 bits per heavy atom. The molecule has 7 nitrogen and oxygen atoms in total. The lowest BCUT2D eigenvalue weighted by Gasteiger charge is -2.30. The smallest absolute Gasteiger partial charge is 0.255 e. The summed E-state index contributed by atoms with van der Waals surface area (Å²) in [5.41, 5.74) is 1.08. The first-order chi connectivity index (χ1) is 15.7. The van der Waals surface area contributed by atoms with Crippen LogP contribution in [0.1, 0.15) is 49.4 Å². The van der Waals surface area contributed by atoms with Crippen molar-refractivity contribution in [1.82, 2.24) is 4.90 Å². The average Bonchev–Trinajstić information content (AvgIpc) is 3.06. The fourth-order valence-corrected chi connectivity index (χ4v) is 5.50. The molecule has 3 rings (SSSR count). The minimum absolute atomic E-state index is 0.129. The van der Waals surface area contributed by atoms with Gasteiger partial charge in [0, 0.05) is 18.1 Å². The summed E-state index contributed by atoms with van der Waals surface area (Å²) in [6.45, 7) is 3.12. The van der Waals surface area contributed by atoms with E-state index in [2.05, 4.69) is 5.32 Å². The highest BCUT2D eigenvalue weighted by Gasteiger charge is 2.32. The summed E-state index contributed by atoms with van der Waals surface area (Å²) in [4.78, 5) is 28.3. The summed E-state index contributed by atoms with van der Waals surface area (Å²) < 4.78 is 26.4. The van der Waals surface area contributed by atoms with E-state index in [1.54, 1.807) is 49.4 Å². The zero-order valence-electron chi connectivity index (χ0n) is 19.0. The molecule has 178 valence electrons. The lowest BCUT2D eigenvalue weighted by Crippen LogP contribution is -2.47. The minimum atomic E-state index is -3.79. The lowest BCUT2D eigenvalue weighted by molar-refractivity contribution is -0.117. The number of nitrogens with one attached hydrogen (secondary N) is 1. The van der Waals surface area contributed by atoms with Gasteiger partial charge in [-0.25, -0.2) is 8.42 Å². The molecule has 2 aromatic carbocycles. The van der Waals surface area contributed by atoms with Crippen LogP contribution in [-0.4, -0.2) is 50.5 Å². The molecule has 0 unspecified atom stereocenters. The molecule has 1 atom stereocenters. The Kier molecular flexibility index (Phi) is 8.37. The zero-order chi connectivity index (χ0) is 24.0. The predicted octanol–water partition coefficient (Wildman–Crippen LogP) is 4.54. The molecule has 2 aromatic rings. The third-order valence-electron chi connectivity index (χ3n) is 5.70. The highest BCUT2D eigenvalue weighted by molar-refractivity contribution is 7.92. The summed E-state index contributed by atoms with van der Waals surface area (Å²) in [5.74, 6) is -0.644. The molecule has 9 heteroatoms. The van der Waals surface area contributed by atoms with Gasteiger partial charge in [-0.05, 0) is 49.6 Å². The zero-order valence-corrected chi connectivity index (χ0v) is 20.5. The summed E-state index contributed by atoms with van der Waals surface area (Å²) in [5, 5.41) is 3.17. The number of para-hydroxylation sites is 1. The number of carbonyl (C=O) groups is 2. The number of halogens is 1. The van der Waals surface area contributed by atoms with Crippen LogP contribution in [0.15, 0.2) is 48.5 Å². The Bertz CT molecular complexity index is 1100. The van der Waals surface area contributed by atoms with Crippen LogP contribution in [0.4, 0.5) is 11.4 Å². The fraction of sp³-hybridized carbons (Fsp3) is 0.417. The molecule has 0 saturated carbocycles. The van der Waals surface area contributed by atoms with Crippen molar-refractivity contribution in [3.8, 4) is 0 Å². The summed E-state index contributed by atoms with van der Waals surface area (Å²) in [7, 11) is -3.79. The maximum absolute atomic E-state index is 13.3. The van der Waals surface area contributed by atoms with E-state index in [1.165, 1.54) is 6.07 Å². The van der Waals surface area contributed by atoms with Crippen molar-refractivity contribution in [2.24, 2.45) is 0 Å². The predicted molar refractivity (Wildman–Crippen MR) is 132 cm³/mol. The van der Waals surface area contributed by atoms with E-state index in [4.69, 9.17) is 11.6 Å². The van der Waals surface area contributed by atoms with Gasteiger partial charge in [0.15, 0.2) is 0 Å². The number of benzene rings is 2. The van der Waals surface area contributed by atoms with Crippen molar-refractivity contribution < 1.29 is 18.0 Å². The molecule has 1 fully saturated rings. The van der Waals surface area contributed by atoms with Gasteiger partial charge in [-0.2, -0.15) is 0 Å². The van der Waals surface area contributed by atoms with E-state index in [0.717, 1.165) is 36.2 Å². The average molecular weight is 492 g/mol. The summed E-state index contributed by atoms with van der Waals surface area (Å²) >= 11 is 6.07. The molecule has 0 aromatic heterocycles. The van der Waals surface area contributed by atoms with Crippen LogP contribution in [0.2, 0.25) is 5.02 Å². The molecule has 0 radical (unpaired) electrons. The molecule has 1 heterocycles. The van der Waals surface area contributed by atoms with E-state index < -0.39 is 22.0 Å². The van der Waals surface area contributed by atoms with Gasteiger partial charge in [0.05, 0.1) is 23.2 Å². The topological polar surface area (TPSA) is 86.8 Å². The van der Waals surface area contributed by atoms with E-state index in [-0.39, 0.29) is 12.3 Å². The second-order valence-electron chi connectivity index (χ2n) is 8.20. The van der Waals surface area contributed by atoms with Gasteiger partial charge in [-0.15, -0.1) is 0 Å². The first kappa shape index (κ1) is 25.1. The number of rotatable bonds is 7.